The molecule has 0 radical (unpaired) electrons. The van der Waals surface area contributed by atoms with Crippen LogP contribution < -0.4 is 5.32 Å². The van der Waals surface area contributed by atoms with E-state index in [1.54, 1.807) is 0 Å². The molecule has 0 heterocycles. The van der Waals surface area contributed by atoms with Crippen molar-refractivity contribution in [3.63, 3.8) is 0 Å². The molecule has 0 aliphatic rings. The lowest BCUT2D eigenvalue weighted by molar-refractivity contribution is 0.422. The molecule has 0 amide bonds. The highest BCUT2D eigenvalue weighted by molar-refractivity contribution is 9.10. The third-order valence-corrected chi connectivity index (χ3v) is 3.61. The first kappa shape index (κ1) is 13.7. The Morgan fingerprint density at radius 3 is 2.50 bits per heavy atom. The molecule has 0 aliphatic heterocycles. The van der Waals surface area contributed by atoms with Crippen LogP contribution in [0.4, 0.5) is 0 Å². The molecule has 1 rings (SSSR count). The van der Waals surface area contributed by atoms with Crippen LogP contribution in [-0.2, 0) is 0 Å². The number of hydrogen-bond donors (Lipinski definition) is 1. The third-order valence-electron chi connectivity index (χ3n) is 3.15. The Labute approximate surface area is 108 Å². The summed E-state index contributed by atoms with van der Waals surface area (Å²) in [7, 11) is 2.04. The first-order valence-corrected chi connectivity index (χ1v) is 6.80. The Bertz CT molecular complexity index is 315. The van der Waals surface area contributed by atoms with E-state index < -0.39 is 0 Å². The second-order valence-electron chi connectivity index (χ2n) is 4.65. The lowest BCUT2D eigenvalue weighted by Crippen LogP contribution is -2.19. The Balaban J connectivity index is 2.86. The van der Waals surface area contributed by atoms with E-state index in [0.717, 1.165) is 5.92 Å². The molecule has 0 bridgehead atoms. The zero-order valence-electron chi connectivity index (χ0n) is 10.7. The van der Waals surface area contributed by atoms with Gasteiger partial charge in [0.25, 0.3) is 0 Å². The maximum atomic E-state index is 3.57. The van der Waals surface area contributed by atoms with Gasteiger partial charge in [-0.2, -0.15) is 0 Å². The van der Waals surface area contributed by atoms with Crippen LogP contribution in [0.5, 0.6) is 0 Å². The summed E-state index contributed by atoms with van der Waals surface area (Å²) in [5.41, 5.74) is 2.70. The molecule has 1 N–H and O–H groups in total. The molecule has 1 aromatic rings. The smallest absolute Gasteiger partial charge is 0.0320 e. The second kappa shape index (κ2) is 6.41. The van der Waals surface area contributed by atoms with Crippen molar-refractivity contribution < 1.29 is 0 Å². The second-order valence-corrected chi connectivity index (χ2v) is 5.57. The van der Waals surface area contributed by atoms with E-state index in [1.807, 2.05) is 7.05 Å². The molecular formula is C14H22BrN. The normalized spacial score (nSPS) is 14.8. The van der Waals surface area contributed by atoms with E-state index in [-0.39, 0.29) is 0 Å². The van der Waals surface area contributed by atoms with Crippen LogP contribution in [-0.4, -0.2) is 7.05 Å². The highest BCUT2D eigenvalue weighted by Gasteiger charge is 2.13. The number of nitrogens with one attached hydrogen (secondary N) is 1. The van der Waals surface area contributed by atoms with Crippen molar-refractivity contribution in [3.05, 3.63) is 33.8 Å². The van der Waals surface area contributed by atoms with E-state index in [2.05, 4.69) is 60.2 Å². The summed E-state index contributed by atoms with van der Waals surface area (Å²) < 4.78 is 1.17. The highest BCUT2D eigenvalue weighted by atomic mass is 79.9. The summed E-state index contributed by atoms with van der Waals surface area (Å²) in [5, 5.41) is 3.42. The van der Waals surface area contributed by atoms with Gasteiger partial charge in [0.15, 0.2) is 0 Å². The van der Waals surface area contributed by atoms with Gasteiger partial charge in [0, 0.05) is 10.5 Å². The predicted octanol–water partition coefficient (Wildman–Crippen LogP) is 4.45. The van der Waals surface area contributed by atoms with E-state index in [1.165, 1.54) is 28.4 Å². The van der Waals surface area contributed by atoms with Crippen molar-refractivity contribution in [2.75, 3.05) is 7.05 Å². The SMILES string of the molecule is CCC(C)CC(NC)c1cc(C)cc(Br)c1. The Morgan fingerprint density at radius 1 is 1.31 bits per heavy atom. The minimum absolute atomic E-state index is 0.464. The molecule has 90 valence electrons. The Morgan fingerprint density at radius 2 is 2.00 bits per heavy atom. The highest BCUT2D eigenvalue weighted by Crippen LogP contribution is 2.26. The third kappa shape index (κ3) is 3.91. The summed E-state index contributed by atoms with van der Waals surface area (Å²) >= 11 is 3.57. The summed E-state index contributed by atoms with van der Waals surface area (Å²) in [4.78, 5) is 0. The van der Waals surface area contributed by atoms with Gasteiger partial charge in [0.1, 0.15) is 0 Å². The van der Waals surface area contributed by atoms with Crippen molar-refractivity contribution in [3.8, 4) is 0 Å². The molecule has 0 spiro atoms. The van der Waals surface area contributed by atoms with Gasteiger partial charge in [-0.3, -0.25) is 0 Å². The quantitative estimate of drug-likeness (QED) is 0.842. The van der Waals surface area contributed by atoms with Crippen molar-refractivity contribution in [1.29, 1.82) is 0 Å². The molecule has 0 fully saturated rings. The average Bonchev–Trinajstić information content (AvgIpc) is 2.24. The van der Waals surface area contributed by atoms with Gasteiger partial charge in [-0.15, -0.1) is 0 Å². The van der Waals surface area contributed by atoms with Crippen LogP contribution in [0.25, 0.3) is 0 Å². The lowest BCUT2D eigenvalue weighted by atomic mass is 9.93. The van der Waals surface area contributed by atoms with E-state index >= 15 is 0 Å². The largest absolute Gasteiger partial charge is 0.313 e. The summed E-state index contributed by atoms with van der Waals surface area (Å²) in [6.07, 6.45) is 2.44. The number of rotatable bonds is 5. The fraction of sp³-hybridized carbons (Fsp3) is 0.571. The molecular weight excluding hydrogens is 262 g/mol. The molecule has 0 saturated heterocycles. The lowest BCUT2D eigenvalue weighted by Gasteiger charge is -2.21. The number of halogens is 1. The van der Waals surface area contributed by atoms with Crippen molar-refractivity contribution >= 4 is 15.9 Å². The van der Waals surface area contributed by atoms with Gasteiger partial charge in [-0.1, -0.05) is 42.3 Å². The number of benzene rings is 1. The maximum absolute atomic E-state index is 3.57. The van der Waals surface area contributed by atoms with Gasteiger partial charge in [0.2, 0.25) is 0 Å². The molecule has 2 atom stereocenters. The van der Waals surface area contributed by atoms with Crippen LogP contribution in [0.1, 0.15) is 43.9 Å². The van der Waals surface area contributed by atoms with Crippen LogP contribution in [0.15, 0.2) is 22.7 Å². The summed E-state index contributed by atoms with van der Waals surface area (Å²) in [5.74, 6) is 0.761. The maximum Gasteiger partial charge on any atom is 0.0320 e. The van der Waals surface area contributed by atoms with Gasteiger partial charge in [-0.05, 0) is 49.6 Å². The van der Waals surface area contributed by atoms with Crippen LogP contribution in [0.2, 0.25) is 0 Å². The molecule has 0 saturated carbocycles. The van der Waals surface area contributed by atoms with Crippen LogP contribution in [0, 0.1) is 12.8 Å². The van der Waals surface area contributed by atoms with E-state index in [4.69, 9.17) is 0 Å². The molecule has 16 heavy (non-hydrogen) atoms. The fourth-order valence-corrected chi connectivity index (χ4v) is 2.58. The van der Waals surface area contributed by atoms with Gasteiger partial charge >= 0.3 is 0 Å². The monoisotopic (exact) mass is 283 g/mol. The summed E-state index contributed by atoms with van der Waals surface area (Å²) in [6.45, 7) is 6.71. The fourth-order valence-electron chi connectivity index (χ4n) is 1.96. The molecule has 2 heteroatoms. The van der Waals surface area contributed by atoms with Crippen molar-refractivity contribution in [2.24, 2.45) is 5.92 Å². The minimum Gasteiger partial charge on any atom is -0.313 e. The summed E-state index contributed by atoms with van der Waals surface area (Å²) in [6, 6.07) is 7.11. The Hall–Kier alpha value is -0.340. The molecule has 0 aromatic heterocycles. The molecule has 1 aromatic carbocycles. The standard InChI is InChI=1S/C14H22BrN/c1-5-10(2)8-14(16-4)12-6-11(3)7-13(15)9-12/h6-7,9-10,14,16H,5,8H2,1-4H3. The predicted molar refractivity (Wildman–Crippen MR) is 74.8 cm³/mol. The zero-order chi connectivity index (χ0) is 12.1. The van der Waals surface area contributed by atoms with E-state index in [0.29, 0.717) is 6.04 Å². The van der Waals surface area contributed by atoms with Gasteiger partial charge in [0.05, 0.1) is 0 Å². The van der Waals surface area contributed by atoms with Crippen LogP contribution >= 0.6 is 15.9 Å². The average molecular weight is 284 g/mol. The van der Waals surface area contributed by atoms with Crippen LogP contribution in [0.3, 0.4) is 0 Å². The minimum atomic E-state index is 0.464. The number of hydrogen-bond acceptors (Lipinski definition) is 1. The Kier molecular flexibility index (Phi) is 5.50. The zero-order valence-corrected chi connectivity index (χ0v) is 12.3. The molecule has 1 nitrogen and oxygen atoms in total. The first-order chi connectivity index (χ1) is 7.56. The number of aryl methyl sites for hydroxylation is 1. The topological polar surface area (TPSA) is 12.0 Å². The van der Waals surface area contributed by atoms with Gasteiger partial charge in [-0.25, -0.2) is 0 Å². The van der Waals surface area contributed by atoms with Gasteiger partial charge < -0.3 is 5.32 Å². The van der Waals surface area contributed by atoms with Crippen molar-refractivity contribution in [1.82, 2.24) is 5.32 Å². The van der Waals surface area contributed by atoms with Crippen molar-refractivity contribution in [2.45, 2.75) is 39.7 Å². The first-order valence-electron chi connectivity index (χ1n) is 6.01. The molecule has 0 aliphatic carbocycles. The van der Waals surface area contributed by atoms with E-state index in [9.17, 15) is 0 Å². The molecule has 2 unspecified atom stereocenters.